The van der Waals surface area contributed by atoms with E-state index in [1.807, 2.05) is 12.1 Å². The molecule has 0 aromatic heterocycles. The van der Waals surface area contributed by atoms with Crippen molar-refractivity contribution in [3.63, 3.8) is 0 Å². The predicted molar refractivity (Wildman–Crippen MR) is 93.8 cm³/mol. The molecule has 2 aliphatic rings. The lowest BCUT2D eigenvalue weighted by Crippen LogP contribution is -2.41. The van der Waals surface area contributed by atoms with Gasteiger partial charge >= 0.3 is 0 Å². The fourth-order valence-electron chi connectivity index (χ4n) is 3.71. The number of nitrogens with one attached hydrogen (secondary N) is 1. The van der Waals surface area contributed by atoms with Crippen LogP contribution in [0.25, 0.3) is 0 Å². The number of fused-ring (bicyclic) bond motifs is 2. The van der Waals surface area contributed by atoms with Gasteiger partial charge in [-0.1, -0.05) is 45.0 Å². The zero-order valence-corrected chi connectivity index (χ0v) is 14.9. The number of aliphatic hydroxyl groups excluding tert-OH is 1. The minimum atomic E-state index is -0.596. The third-order valence-corrected chi connectivity index (χ3v) is 5.26. The molecule has 2 N–H and O–H groups in total. The van der Waals surface area contributed by atoms with Crippen molar-refractivity contribution in [2.24, 2.45) is 0 Å². The molecule has 2 saturated heterocycles. The Kier molecular flexibility index (Phi) is 4.97. The van der Waals surface area contributed by atoms with Gasteiger partial charge in [0.25, 0.3) is 0 Å². The fourth-order valence-corrected chi connectivity index (χ4v) is 3.71. The first-order valence-electron chi connectivity index (χ1n) is 9.06. The number of hydrogen-bond acceptors (Lipinski definition) is 3. The summed E-state index contributed by atoms with van der Waals surface area (Å²) in [5.74, 6) is 0.0153. The molecule has 4 nitrogen and oxygen atoms in total. The Balaban J connectivity index is 1.46. The highest BCUT2D eigenvalue weighted by molar-refractivity contribution is 5.76. The van der Waals surface area contributed by atoms with E-state index >= 15 is 0 Å². The number of rotatable bonds is 5. The van der Waals surface area contributed by atoms with Crippen molar-refractivity contribution in [1.82, 2.24) is 5.32 Å². The van der Waals surface area contributed by atoms with Crippen LogP contribution in [0.1, 0.15) is 70.1 Å². The molecule has 1 amide bonds. The van der Waals surface area contributed by atoms with Gasteiger partial charge in [0.15, 0.2) is 0 Å². The molecule has 1 aromatic rings. The Morgan fingerprint density at radius 3 is 2.54 bits per heavy atom. The largest absolute Gasteiger partial charge is 0.388 e. The highest BCUT2D eigenvalue weighted by Gasteiger charge is 2.41. The number of ether oxygens (including phenoxy) is 1. The van der Waals surface area contributed by atoms with E-state index in [0.717, 1.165) is 24.8 Å². The Morgan fingerprint density at radius 1 is 1.29 bits per heavy atom. The van der Waals surface area contributed by atoms with Gasteiger partial charge in [-0.25, -0.2) is 0 Å². The van der Waals surface area contributed by atoms with Crippen LogP contribution in [0.5, 0.6) is 0 Å². The van der Waals surface area contributed by atoms with Gasteiger partial charge in [-0.2, -0.15) is 0 Å². The lowest BCUT2D eigenvalue weighted by Gasteiger charge is -2.21. The topological polar surface area (TPSA) is 58.6 Å². The molecule has 132 valence electrons. The molecular weight excluding hydrogens is 302 g/mol. The summed E-state index contributed by atoms with van der Waals surface area (Å²) in [7, 11) is 0. The Hall–Kier alpha value is -1.39. The molecule has 0 saturated carbocycles. The van der Waals surface area contributed by atoms with Crippen LogP contribution in [-0.4, -0.2) is 29.3 Å². The minimum Gasteiger partial charge on any atom is -0.388 e. The van der Waals surface area contributed by atoms with E-state index in [1.54, 1.807) is 0 Å². The Bertz CT molecular complexity index is 576. The fraction of sp³-hybridized carbons (Fsp3) is 0.650. The van der Waals surface area contributed by atoms with Crippen LogP contribution in [-0.2, 0) is 14.9 Å². The van der Waals surface area contributed by atoms with Gasteiger partial charge in [-0.05, 0) is 42.2 Å². The molecule has 2 fully saturated rings. The molecule has 0 aliphatic carbocycles. The molecule has 24 heavy (non-hydrogen) atoms. The summed E-state index contributed by atoms with van der Waals surface area (Å²) < 4.78 is 5.76. The van der Waals surface area contributed by atoms with Crippen LogP contribution in [0.2, 0.25) is 0 Å². The van der Waals surface area contributed by atoms with Gasteiger partial charge in [-0.3, -0.25) is 4.79 Å². The minimum absolute atomic E-state index is 0.0153. The maximum absolute atomic E-state index is 12.1. The van der Waals surface area contributed by atoms with Crippen molar-refractivity contribution in [3.8, 4) is 0 Å². The van der Waals surface area contributed by atoms with E-state index in [9.17, 15) is 9.90 Å². The standard InChI is InChI=1S/C20H29NO3/c1-20(2,3)14-6-4-13(5-7-14)17(22)9-11-19(23)21-16-12-15-8-10-18(16)24-15/h4-7,15-18,22H,8-12H2,1-3H3,(H,21,23)/t15-,16-,17+,18-/m1/s1. The van der Waals surface area contributed by atoms with Crippen LogP contribution in [0, 0.1) is 0 Å². The summed E-state index contributed by atoms with van der Waals surface area (Å²) in [5, 5.41) is 13.4. The smallest absolute Gasteiger partial charge is 0.220 e. The summed E-state index contributed by atoms with van der Waals surface area (Å²) in [6, 6.07) is 8.22. The summed E-state index contributed by atoms with van der Waals surface area (Å²) in [4.78, 5) is 12.1. The third-order valence-electron chi connectivity index (χ3n) is 5.26. The van der Waals surface area contributed by atoms with Gasteiger partial charge in [0, 0.05) is 6.42 Å². The van der Waals surface area contributed by atoms with E-state index in [1.165, 1.54) is 5.56 Å². The number of carbonyl (C=O) groups is 1. The zero-order chi connectivity index (χ0) is 17.3. The highest BCUT2D eigenvalue weighted by Crippen LogP contribution is 2.34. The lowest BCUT2D eigenvalue weighted by molar-refractivity contribution is -0.122. The number of aliphatic hydroxyl groups is 1. The van der Waals surface area contributed by atoms with Crippen molar-refractivity contribution in [2.75, 3.05) is 0 Å². The maximum Gasteiger partial charge on any atom is 0.220 e. The molecule has 0 spiro atoms. The number of carbonyl (C=O) groups excluding carboxylic acids is 1. The van der Waals surface area contributed by atoms with E-state index in [2.05, 4.69) is 38.2 Å². The molecule has 3 rings (SSSR count). The van der Waals surface area contributed by atoms with Crippen molar-refractivity contribution < 1.29 is 14.6 Å². The molecule has 2 aliphatic heterocycles. The van der Waals surface area contributed by atoms with Crippen molar-refractivity contribution >= 4 is 5.91 Å². The molecule has 0 unspecified atom stereocenters. The van der Waals surface area contributed by atoms with Crippen LogP contribution in [0.3, 0.4) is 0 Å². The number of benzene rings is 1. The van der Waals surface area contributed by atoms with E-state index in [-0.39, 0.29) is 23.5 Å². The maximum atomic E-state index is 12.1. The van der Waals surface area contributed by atoms with Gasteiger partial charge < -0.3 is 15.2 Å². The summed E-state index contributed by atoms with van der Waals surface area (Å²) in [5.41, 5.74) is 2.22. The van der Waals surface area contributed by atoms with Gasteiger partial charge in [0.2, 0.25) is 5.91 Å². The molecule has 4 atom stereocenters. The molecule has 0 radical (unpaired) electrons. The molecular formula is C20H29NO3. The highest BCUT2D eigenvalue weighted by atomic mass is 16.5. The summed E-state index contributed by atoms with van der Waals surface area (Å²) in [6.45, 7) is 6.51. The normalized spacial score (nSPS) is 27.2. The van der Waals surface area contributed by atoms with E-state index in [4.69, 9.17) is 4.74 Å². The van der Waals surface area contributed by atoms with Crippen LogP contribution in [0.4, 0.5) is 0 Å². The number of amides is 1. The second-order valence-corrected chi connectivity index (χ2v) is 8.21. The van der Waals surface area contributed by atoms with Gasteiger partial charge in [0.1, 0.15) is 0 Å². The van der Waals surface area contributed by atoms with Crippen molar-refractivity contribution in [3.05, 3.63) is 35.4 Å². The lowest BCUT2D eigenvalue weighted by atomic mass is 9.86. The van der Waals surface area contributed by atoms with Gasteiger partial charge in [-0.15, -0.1) is 0 Å². The average Bonchev–Trinajstić information content (AvgIpc) is 3.14. The van der Waals surface area contributed by atoms with Gasteiger partial charge in [0.05, 0.1) is 24.4 Å². The second-order valence-electron chi connectivity index (χ2n) is 8.21. The molecule has 2 heterocycles. The quantitative estimate of drug-likeness (QED) is 0.871. The first-order valence-corrected chi connectivity index (χ1v) is 9.06. The average molecular weight is 331 g/mol. The molecule has 2 bridgehead atoms. The van der Waals surface area contributed by atoms with Crippen LogP contribution in [0.15, 0.2) is 24.3 Å². The van der Waals surface area contributed by atoms with E-state index in [0.29, 0.717) is 18.9 Å². The first kappa shape index (κ1) is 17.4. The Labute approximate surface area is 144 Å². The monoisotopic (exact) mass is 331 g/mol. The molecule has 4 heteroatoms. The van der Waals surface area contributed by atoms with Crippen molar-refractivity contribution in [1.29, 1.82) is 0 Å². The SMILES string of the molecule is CC(C)(C)c1ccc([C@@H](O)CCC(=O)N[C@@H]2C[C@H]3CC[C@H]2O3)cc1. The second kappa shape index (κ2) is 6.85. The van der Waals surface area contributed by atoms with Crippen LogP contribution < -0.4 is 5.32 Å². The van der Waals surface area contributed by atoms with Crippen molar-refractivity contribution in [2.45, 2.75) is 82.6 Å². The Morgan fingerprint density at radius 2 is 2.00 bits per heavy atom. The number of hydrogen-bond donors (Lipinski definition) is 2. The summed E-state index contributed by atoms with van der Waals surface area (Å²) in [6.07, 6.45) is 3.85. The summed E-state index contributed by atoms with van der Waals surface area (Å²) >= 11 is 0. The third kappa shape index (κ3) is 3.98. The predicted octanol–water partition coefficient (Wildman–Crippen LogP) is 3.23. The van der Waals surface area contributed by atoms with Crippen LogP contribution >= 0.6 is 0 Å². The first-order chi connectivity index (χ1) is 11.3. The zero-order valence-electron chi connectivity index (χ0n) is 14.9. The molecule has 1 aromatic carbocycles. The van der Waals surface area contributed by atoms with E-state index < -0.39 is 6.10 Å².